The van der Waals surface area contributed by atoms with Crippen molar-refractivity contribution in [2.75, 3.05) is 13.6 Å². The summed E-state index contributed by atoms with van der Waals surface area (Å²) in [5.41, 5.74) is 4.24. The number of nitrogens with one attached hydrogen (secondary N) is 1. The van der Waals surface area contributed by atoms with Crippen LogP contribution in [0.4, 0.5) is 0 Å². The Balaban J connectivity index is 2.12. The normalized spacial score (nSPS) is 12.3. The van der Waals surface area contributed by atoms with Crippen LogP contribution in [0.25, 0.3) is 0 Å². The molecule has 2 aromatic carbocycles. The molecule has 1 unspecified atom stereocenters. The van der Waals surface area contributed by atoms with Gasteiger partial charge in [0.05, 0.1) is 0 Å². The summed E-state index contributed by atoms with van der Waals surface area (Å²) < 4.78 is 1.21. The highest BCUT2D eigenvalue weighted by molar-refractivity contribution is 9.10. The maximum absolute atomic E-state index is 3.66. The van der Waals surface area contributed by atoms with Gasteiger partial charge in [-0.1, -0.05) is 58.4 Å². The van der Waals surface area contributed by atoms with Crippen LogP contribution in [0.1, 0.15) is 16.7 Å². The van der Waals surface area contributed by atoms with Crippen molar-refractivity contribution in [1.82, 2.24) is 5.32 Å². The monoisotopic (exact) mass is 331 g/mol. The lowest BCUT2D eigenvalue weighted by Crippen LogP contribution is -2.23. The molecule has 0 saturated carbocycles. The summed E-state index contributed by atoms with van der Waals surface area (Å²) in [6.45, 7) is 3.24. The van der Waals surface area contributed by atoms with Crippen molar-refractivity contribution in [3.8, 4) is 0 Å². The molecule has 0 aromatic heterocycles. The predicted molar refractivity (Wildman–Crippen MR) is 90.1 cm³/mol. The molecule has 0 fully saturated rings. The summed E-state index contributed by atoms with van der Waals surface area (Å²) >= 11 is 3.66. The second-order valence-corrected chi connectivity index (χ2v) is 6.20. The average Bonchev–Trinajstić information content (AvgIpc) is 2.44. The molecule has 2 rings (SSSR count). The van der Waals surface area contributed by atoms with E-state index in [1.807, 2.05) is 7.05 Å². The van der Waals surface area contributed by atoms with Crippen molar-refractivity contribution in [3.05, 3.63) is 69.7 Å². The van der Waals surface area contributed by atoms with Gasteiger partial charge in [0.1, 0.15) is 0 Å². The molecule has 2 heteroatoms. The third-order valence-corrected chi connectivity index (χ3v) is 4.50. The summed E-state index contributed by atoms with van der Waals surface area (Å²) in [5.74, 6) is 0.611. The first-order valence-corrected chi connectivity index (χ1v) is 7.92. The molecule has 1 atom stereocenters. The van der Waals surface area contributed by atoms with Gasteiger partial charge in [0.25, 0.3) is 0 Å². The summed E-state index contributed by atoms with van der Waals surface area (Å²) in [5, 5.41) is 3.33. The smallest absolute Gasteiger partial charge is 0.0207 e. The molecule has 1 nitrogen and oxygen atoms in total. The van der Waals surface area contributed by atoms with Gasteiger partial charge in [0.15, 0.2) is 0 Å². The van der Waals surface area contributed by atoms with Crippen LogP contribution in [-0.4, -0.2) is 13.6 Å². The average molecular weight is 332 g/mol. The van der Waals surface area contributed by atoms with Gasteiger partial charge in [-0.3, -0.25) is 0 Å². The first-order valence-electron chi connectivity index (χ1n) is 7.13. The van der Waals surface area contributed by atoms with Crippen LogP contribution in [0.3, 0.4) is 0 Å². The Morgan fingerprint density at radius 1 is 0.950 bits per heavy atom. The fourth-order valence-electron chi connectivity index (χ4n) is 2.63. The minimum Gasteiger partial charge on any atom is -0.319 e. The number of hydrogen-bond donors (Lipinski definition) is 1. The Hall–Kier alpha value is -1.12. The lowest BCUT2D eigenvalue weighted by molar-refractivity contribution is 0.491. The van der Waals surface area contributed by atoms with Crippen LogP contribution < -0.4 is 5.32 Å². The second kappa shape index (κ2) is 7.61. The molecule has 0 heterocycles. The molecule has 0 aliphatic heterocycles. The zero-order valence-corrected chi connectivity index (χ0v) is 13.8. The van der Waals surface area contributed by atoms with E-state index in [-0.39, 0.29) is 0 Å². The van der Waals surface area contributed by atoms with Gasteiger partial charge in [0, 0.05) is 4.47 Å². The van der Waals surface area contributed by atoms with E-state index >= 15 is 0 Å². The van der Waals surface area contributed by atoms with Gasteiger partial charge in [-0.25, -0.2) is 0 Å². The third-order valence-electron chi connectivity index (χ3n) is 3.73. The van der Waals surface area contributed by atoms with Crippen molar-refractivity contribution < 1.29 is 0 Å². The van der Waals surface area contributed by atoms with Crippen molar-refractivity contribution in [2.24, 2.45) is 5.92 Å². The van der Waals surface area contributed by atoms with E-state index in [0.717, 1.165) is 19.4 Å². The Kier molecular flexibility index (Phi) is 5.81. The molecular weight excluding hydrogens is 310 g/mol. The molecular formula is C18H22BrN. The molecule has 20 heavy (non-hydrogen) atoms. The summed E-state index contributed by atoms with van der Waals surface area (Å²) in [4.78, 5) is 0. The quantitative estimate of drug-likeness (QED) is 0.828. The van der Waals surface area contributed by atoms with Crippen LogP contribution in [0.15, 0.2) is 53.0 Å². The largest absolute Gasteiger partial charge is 0.319 e. The van der Waals surface area contributed by atoms with Gasteiger partial charge in [-0.15, -0.1) is 0 Å². The minimum absolute atomic E-state index is 0.611. The van der Waals surface area contributed by atoms with E-state index in [9.17, 15) is 0 Å². The molecule has 0 spiro atoms. The molecule has 0 saturated heterocycles. The van der Waals surface area contributed by atoms with Crippen LogP contribution in [0, 0.1) is 12.8 Å². The SMILES string of the molecule is CNCC(Cc1ccccc1C)Cc1ccccc1Br. The van der Waals surface area contributed by atoms with Gasteiger partial charge >= 0.3 is 0 Å². The molecule has 0 bridgehead atoms. The molecule has 2 aromatic rings. The maximum Gasteiger partial charge on any atom is 0.0207 e. The maximum atomic E-state index is 3.66. The Labute approximate surface area is 130 Å². The van der Waals surface area contributed by atoms with E-state index in [1.165, 1.54) is 21.2 Å². The van der Waals surface area contributed by atoms with Crippen molar-refractivity contribution in [3.63, 3.8) is 0 Å². The van der Waals surface area contributed by atoms with Crippen LogP contribution >= 0.6 is 15.9 Å². The first kappa shape index (κ1) is 15.3. The highest BCUT2D eigenvalue weighted by atomic mass is 79.9. The van der Waals surface area contributed by atoms with Crippen molar-refractivity contribution >= 4 is 15.9 Å². The number of hydrogen-bond acceptors (Lipinski definition) is 1. The number of aryl methyl sites for hydroxylation is 1. The summed E-state index contributed by atoms with van der Waals surface area (Å²) in [7, 11) is 2.03. The van der Waals surface area contributed by atoms with Crippen molar-refractivity contribution in [1.29, 1.82) is 0 Å². The van der Waals surface area contributed by atoms with E-state index in [4.69, 9.17) is 0 Å². The van der Waals surface area contributed by atoms with Crippen LogP contribution in [-0.2, 0) is 12.8 Å². The molecule has 1 N–H and O–H groups in total. The Morgan fingerprint density at radius 3 is 2.20 bits per heavy atom. The molecule has 106 valence electrons. The molecule has 0 aliphatic rings. The van der Waals surface area contributed by atoms with Gasteiger partial charge < -0.3 is 5.32 Å². The number of rotatable bonds is 6. The van der Waals surface area contributed by atoms with E-state index in [1.54, 1.807) is 0 Å². The zero-order chi connectivity index (χ0) is 14.4. The minimum atomic E-state index is 0.611. The van der Waals surface area contributed by atoms with Crippen LogP contribution in [0.5, 0.6) is 0 Å². The molecule has 0 radical (unpaired) electrons. The highest BCUT2D eigenvalue weighted by Crippen LogP contribution is 2.22. The summed E-state index contributed by atoms with van der Waals surface area (Å²) in [6, 6.07) is 17.2. The van der Waals surface area contributed by atoms with E-state index < -0.39 is 0 Å². The Bertz CT molecular complexity index is 503. The van der Waals surface area contributed by atoms with Gasteiger partial charge in [-0.05, 0) is 62.0 Å². The number of benzene rings is 2. The lowest BCUT2D eigenvalue weighted by atomic mass is 9.91. The van der Waals surface area contributed by atoms with Gasteiger partial charge in [-0.2, -0.15) is 0 Å². The van der Waals surface area contributed by atoms with E-state index in [0.29, 0.717) is 5.92 Å². The van der Waals surface area contributed by atoms with Crippen molar-refractivity contribution in [2.45, 2.75) is 19.8 Å². The zero-order valence-electron chi connectivity index (χ0n) is 12.2. The van der Waals surface area contributed by atoms with E-state index in [2.05, 4.69) is 76.7 Å². The topological polar surface area (TPSA) is 12.0 Å². The fraction of sp³-hybridized carbons (Fsp3) is 0.333. The standard InChI is InChI=1S/C18H22BrN/c1-14-7-3-4-8-16(14)11-15(13-20-2)12-17-9-5-6-10-18(17)19/h3-10,15,20H,11-13H2,1-2H3. The fourth-order valence-corrected chi connectivity index (χ4v) is 3.08. The van der Waals surface area contributed by atoms with Gasteiger partial charge in [0.2, 0.25) is 0 Å². The Morgan fingerprint density at radius 2 is 1.55 bits per heavy atom. The predicted octanol–water partition coefficient (Wildman–Crippen LogP) is 4.38. The number of halogens is 1. The first-order chi connectivity index (χ1) is 9.70. The molecule has 0 aliphatic carbocycles. The highest BCUT2D eigenvalue weighted by Gasteiger charge is 2.12. The molecule has 0 amide bonds. The summed E-state index contributed by atoms with van der Waals surface area (Å²) in [6.07, 6.45) is 2.21. The third kappa shape index (κ3) is 4.19. The second-order valence-electron chi connectivity index (χ2n) is 5.35. The lowest BCUT2D eigenvalue weighted by Gasteiger charge is -2.18. The van der Waals surface area contributed by atoms with Crippen LogP contribution in [0.2, 0.25) is 0 Å².